The van der Waals surface area contributed by atoms with Crippen LogP contribution in [-0.4, -0.2) is 31.3 Å². The number of halogens is 1. The van der Waals surface area contributed by atoms with E-state index in [1.165, 1.54) is 0 Å². The molecule has 2 N–H and O–H groups in total. The highest BCUT2D eigenvalue weighted by Crippen LogP contribution is 2.25. The predicted octanol–water partition coefficient (Wildman–Crippen LogP) is 2.27. The summed E-state index contributed by atoms with van der Waals surface area (Å²) in [7, 11) is 1.91. The van der Waals surface area contributed by atoms with Gasteiger partial charge in [-0.25, -0.2) is 0 Å². The first kappa shape index (κ1) is 14.3. The Balaban J connectivity index is 3.07. The number of aliphatic hydroxyl groups is 1. The highest BCUT2D eigenvalue weighted by molar-refractivity contribution is 6.30. The minimum Gasteiger partial charge on any atom is -0.395 e. The van der Waals surface area contributed by atoms with Crippen molar-refractivity contribution in [3.05, 3.63) is 28.8 Å². The van der Waals surface area contributed by atoms with Crippen molar-refractivity contribution in [1.82, 2.24) is 5.32 Å². The van der Waals surface area contributed by atoms with Crippen molar-refractivity contribution < 1.29 is 5.11 Å². The van der Waals surface area contributed by atoms with Crippen LogP contribution in [0.25, 0.3) is 0 Å². The minimum atomic E-state index is 0.153. The van der Waals surface area contributed by atoms with Gasteiger partial charge in [0.2, 0.25) is 0 Å². The zero-order chi connectivity index (χ0) is 12.8. The Kier molecular flexibility index (Phi) is 5.75. The summed E-state index contributed by atoms with van der Waals surface area (Å²) < 4.78 is 0. The number of anilines is 1. The van der Waals surface area contributed by atoms with Crippen LogP contribution in [0.3, 0.4) is 0 Å². The first-order valence-corrected chi connectivity index (χ1v) is 6.28. The molecule has 1 aromatic rings. The SMILES string of the molecule is CNCc1cc(Cl)ccc1N(CCO)C(C)C. The molecule has 1 rings (SSSR count). The first-order valence-electron chi connectivity index (χ1n) is 5.90. The van der Waals surface area contributed by atoms with Gasteiger partial charge in [-0.05, 0) is 44.7 Å². The maximum atomic E-state index is 9.14. The van der Waals surface area contributed by atoms with Crippen LogP contribution in [0.2, 0.25) is 5.02 Å². The van der Waals surface area contributed by atoms with E-state index in [2.05, 4.69) is 24.1 Å². The number of nitrogens with zero attached hydrogens (tertiary/aromatic N) is 1. The zero-order valence-corrected chi connectivity index (χ0v) is 11.5. The fourth-order valence-corrected chi connectivity index (χ4v) is 2.13. The van der Waals surface area contributed by atoms with Gasteiger partial charge in [0, 0.05) is 29.8 Å². The quantitative estimate of drug-likeness (QED) is 0.820. The lowest BCUT2D eigenvalue weighted by Gasteiger charge is -2.30. The maximum absolute atomic E-state index is 9.14. The monoisotopic (exact) mass is 256 g/mol. The minimum absolute atomic E-state index is 0.153. The van der Waals surface area contributed by atoms with Gasteiger partial charge in [0.05, 0.1) is 6.61 Å². The van der Waals surface area contributed by atoms with Gasteiger partial charge in [-0.2, -0.15) is 0 Å². The molecular weight excluding hydrogens is 236 g/mol. The van der Waals surface area contributed by atoms with Crippen molar-refractivity contribution >= 4 is 17.3 Å². The summed E-state index contributed by atoms with van der Waals surface area (Å²) in [5, 5.41) is 13.0. The lowest BCUT2D eigenvalue weighted by molar-refractivity contribution is 0.299. The third kappa shape index (κ3) is 3.87. The number of rotatable bonds is 6. The van der Waals surface area contributed by atoms with Crippen molar-refractivity contribution in [3.63, 3.8) is 0 Å². The molecule has 0 unspecified atom stereocenters. The number of aliphatic hydroxyl groups excluding tert-OH is 1. The fraction of sp³-hybridized carbons (Fsp3) is 0.538. The zero-order valence-electron chi connectivity index (χ0n) is 10.7. The van der Waals surface area contributed by atoms with E-state index in [9.17, 15) is 0 Å². The molecule has 4 heteroatoms. The number of nitrogens with one attached hydrogen (secondary N) is 1. The van der Waals surface area contributed by atoms with Gasteiger partial charge in [0.1, 0.15) is 0 Å². The Bertz CT molecular complexity index is 355. The van der Waals surface area contributed by atoms with E-state index in [4.69, 9.17) is 16.7 Å². The van der Waals surface area contributed by atoms with Crippen LogP contribution in [0.5, 0.6) is 0 Å². The normalized spacial score (nSPS) is 10.9. The van der Waals surface area contributed by atoms with Crippen LogP contribution < -0.4 is 10.2 Å². The van der Waals surface area contributed by atoms with E-state index in [-0.39, 0.29) is 6.61 Å². The van der Waals surface area contributed by atoms with Gasteiger partial charge < -0.3 is 15.3 Å². The second kappa shape index (κ2) is 6.84. The molecule has 0 bridgehead atoms. The van der Waals surface area contributed by atoms with Gasteiger partial charge in [-0.15, -0.1) is 0 Å². The molecule has 0 aromatic heterocycles. The predicted molar refractivity (Wildman–Crippen MR) is 73.8 cm³/mol. The Hall–Kier alpha value is -0.770. The summed E-state index contributed by atoms with van der Waals surface area (Å²) in [6.45, 7) is 5.79. The van der Waals surface area contributed by atoms with Crippen LogP contribution in [-0.2, 0) is 6.54 Å². The third-order valence-corrected chi connectivity index (χ3v) is 2.92. The van der Waals surface area contributed by atoms with Crippen LogP contribution >= 0.6 is 11.6 Å². The molecule has 0 amide bonds. The van der Waals surface area contributed by atoms with Gasteiger partial charge in [-0.3, -0.25) is 0 Å². The molecule has 1 aromatic carbocycles. The molecule has 17 heavy (non-hydrogen) atoms. The number of hydrogen-bond donors (Lipinski definition) is 2. The topological polar surface area (TPSA) is 35.5 Å². The van der Waals surface area contributed by atoms with Crippen molar-refractivity contribution in [3.8, 4) is 0 Å². The van der Waals surface area contributed by atoms with Crippen molar-refractivity contribution in [2.75, 3.05) is 25.1 Å². The van der Waals surface area contributed by atoms with E-state index in [1.807, 2.05) is 25.2 Å². The van der Waals surface area contributed by atoms with Crippen molar-refractivity contribution in [2.45, 2.75) is 26.4 Å². The van der Waals surface area contributed by atoms with Gasteiger partial charge in [-0.1, -0.05) is 11.6 Å². The average Bonchev–Trinajstić information content (AvgIpc) is 2.27. The molecular formula is C13H21ClN2O. The molecule has 0 fully saturated rings. The molecule has 0 atom stereocenters. The second-order valence-corrected chi connectivity index (χ2v) is 4.75. The van der Waals surface area contributed by atoms with E-state index in [0.717, 1.165) is 22.8 Å². The van der Waals surface area contributed by atoms with Crippen molar-refractivity contribution in [1.29, 1.82) is 0 Å². The third-order valence-electron chi connectivity index (χ3n) is 2.68. The fourth-order valence-electron chi connectivity index (χ4n) is 1.93. The first-order chi connectivity index (χ1) is 8.10. The summed E-state index contributed by atoms with van der Waals surface area (Å²) in [6.07, 6.45) is 0. The molecule has 0 aliphatic rings. The highest BCUT2D eigenvalue weighted by Gasteiger charge is 2.13. The Morgan fingerprint density at radius 3 is 2.65 bits per heavy atom. The lowest BCUT2D eigenvalue weighted by atomic mass is 10.1. The molecule has 0 aliphatic heterocycles. The molecule has 0 aliphatic carbocycles. The van der Waals surface area contributed by atoms with Gasteiger partial charge in [0.25, 0.3) is 0 Å². The van der Waals surface area contributed by atoms with E-state index < -0.39 is 0 Å². The molecule has 0 saturated heterocycles. The van der Waals surface area contributed by atoms with Crippen molar-refractivity contribution in [2.24, 2.45) is 0 Å². The molecule has 96 valence electrons. The lowest BCUT2D eigenvalue weighted by Crippen LogP contribution is -2.34. The van der Waals surface area contributed by atoms with Gasteiger partial charge in [0.15, 0.2) is 0 Å². The highest BCUT2D eigenvalue weighted by atomic mass is 35.5. The standard InChI is InChI=1S/C13H21ClN2O/c1-10(2)16(6-7-17)13-5-4-12(14)8-11(13)9-15-3/h4-5,8,10,15,17H,6-7,9H2,1-3H3. The summed E-state index contributed by atoms with van der Waals surface area (Å²) in [5.74, 6) is 0. The molecule has 0 spiro atoms. The average molecular weight is 257 g/mol. The smallest absolute Gasteiger partial charge is 0.0606 e. The van der Waals surface area contributed by atoms with E-state index in [1.54, 1.807) is 0 Å². The van der Waals surface area contributed by atoms with Gasteiger partial charge >= 0.3 is 0 Å². The summed E-state index contributed by atoms with van der Waals surface area (Å²) in [5.41, 5.74) is 2.29. The van der Waals surface area contributed by atoms with E-state index in [0.29, 0.717) is 12.6 Å². The Morgan fingerprint density at radius 2 is 2.12 bits per heavy atom. The van der Waals surface area contributed by atoms with E-state index >= 15 is 0 Å². The molecule has 0 heterocycles. The van der Waals surface area contributed by atoms with Crippen LogP contribution in [0.15, 0.2) is 18.2 Å². The Morgan fingerprint density at radius 1 is 1.41 bits per heavy atom. The number of hydrogen-bond acceptors (Lipinski definition) is 3. The van der Waals surface area contributed by atoms with Crippen LogP contribution in [0, 0.1) is 0 Å². The van der Waals surface area contributed by atoms with Crippen LogP contribution in [0.4, 0.5) is 5.69 Å². The molecule has 0 radical (unpaired) electrons. The number of benzene rings is 1. The molecule has 0 saturated carbocycles. The second-order valence-electron chi connectivity index (χ2n) is 4.31. The maximum Gasteiger partial charge on any atom is 0.0606 e. The summed E-state index contributed by atoms with van der Waals surface area (Å²) in [6, 6.07) is 6.23. The molecule has 3 nitrogen and oxygen atoms in total. The largest absolute Gasteiger partial charge is 0.395 e. The summed E-state index contributed by atoms with van der Waals surface area (Å²) in [4.78, 5) is 2.18. The Labute approximate surface area is 108 Å². The van der Waals surface area contributed by atoms with Crippen LogP contribution in [0.1, 0.15) is 19.4 Å². The summed E-state index contributed by atoms with van der Waals surface area (Å²) >= 11 is 6.02.